The summed E-state index contributed by atoms with van der Waals surface area (Å²) < 4.78 is 5.30. The summed E-state index contributed by atoms with van der Waals surface area (Å²) in [6.07, 6.45) is 4.63. The van der Waals surface area contributed by atoms with Gasteiger partial charge in [0.15, 0.2) is 5.54 Å². The Hall–Kier alpha value is -1.82. The molecule has 0 bridgehead atoms. The smallest absolute Gasteiger partial charge is 0.322 e. The van der Waals surface area contributed by atoms with Gasteiger partial charge in [0, 0.05) is 0 Å². The number of hydrogen-bond acceptors (Lipinski definition) is 4. The number of hydrogen-bond donors (Lipinski definition) is 3. The van der Waals surface area contributed by atoms with Crippen LogP contribution in [0.15, 0.2) is 22.8 Å². The Bertz CT molecular complexity index is 430. The second-order valence-electron chi connectivity index (χ2n) is 4.39. The van der Waals surface area contributed by atoms with Crippen molar-refractivity contribution >= 4 is 11.9 Å². The van der Waals surface area contributed by atoms with Gasteiger partial charge in [0.1, 0.15) is 5.76 Å². The quantitative estimate of drug-likeness (QED) is 0.515. The van der Waals surface area contributed by atoms with Gasteiger partial charge in [-0.25, -0.2) is 4.79 Å². The van der Waals surface area contributed by atoms with Crippen molar-refractivity contribution in [1.82, 2.24) is 10.6 Å². The fourth-order valence-corrected chi connectivity index (χ4v) is 2.20. The number of imide groups is 1. The molecule has 98 valence electrons. The molecule has 4 N–H and O–H groups in total. The Balaban J connectivity index is 2.14. The summed E-state index contributed by atoms with van der Waals surface area (Å²) in [5.74, 6) is 0.119. The summed E-state index contributed by atoms with van der Waals surface area (Å²) in [6, 6.07) is 2.93. The average Bonchev–Trinajstić information content (AvgIpc) is 2.94. The predicted molar refractivity (Wildman–Crippen MR) is 64.6 cm³/mol. The number of nitrogens with one attached hydrogen (secondary N) is 2. The van der Waals surface area contributed by atoms with Gasteiger partial charge in [-0.1, -0.05) is 12.8 Å². The Kier molecular flexibility index (Phi) is 3.66. The molecule has 2 rings (SSSR count). The predicted octanol–water partition coefficient (Wildman–Crippen LogP) is 0.833. The maximum absolute atomic E-state index is 12.0. The molecule has 1 aliphatic heterocycles. The Morgan fingerprint density at radius 3 is 2.67 bits per heavy atom. The minimum Gasteiger partial charge on any atom is -0.466 e. The lowest BCUT2D eigenvalue weighted by Gasteiger charge is -2.23. The highest BCUT2D eigenvalue weighted by Crippen LogP contribution is 2.31. The molecule has 2 heterocycles. The van der Waals surface area contributed by atoms with Crippen LogP contribution >= 0.6 is 0 Å². The van der Waals surface area contributed by atoms with Crippen molar-refractivity contribution in [1.29, 1.82) is 0 Å². The van der Waals surface area contributed by atoms with Gasteiger partial charge >= 0.3 is 6.03 Å². The molecular weight excluding hydrogens is 234 g/mol. The summed E-state index contributed by atoms with van der Waals surface area (Å²) in [5.41, 5.74) is 4.37. The molecule has 1 unspecified atom stereocenters. The molecule has 0 saturated carbocycles. The molecule has 0 aliphatic carbocycles. The number of carbonyl (C=O) groups is 2. The van der Waals surface area contributed by atoms with E-state index in [1.165, 1.54) is 6.26 Å². The summed E-state index contributed by atoms with van der Waals surface area (Å²) in [7, 11) is 0. The zero-order valence-corrected chi connectivity index (χ0v) is 10.1. The topological polar surface area (TPSA) is 97.4 Å². The van der Waals surface area contributed by atoms with Crippen molar-refractivity contribution in [3.63, 3.8) is 0 Å². The highest BCUT2D eigenvalue weighted by molar-refractivity contribution is 6.07. The standard InChI is InChI=1S/C12H17N3O3/c13-7-3-1-2-6-12(9-5-4-8-18-9)10(16)14-11(17)15-12/h4-5,8H,1-3,6-7,13H2,(H2,14,15,16,17). The molecule has 0 spiro atoms. The van der Waals surface area contributed by atoms with Crippen molar-refractivity contribution < 1.29 is 14.0 Å². The average molecular weight is 251 g/mol. The number of furan rings is 1. The number of urea groups is 1. The van der Waals surface area contributed by atoms with Gasteiger partial charge in [0.2, 0.25) is 0 Å². The number of unbranched alkanes of at least 4 members (excludes halogenated alkanes) is 2. The van der Waals surface area contributed by atoms with Gasteiger partial charge in [-0.3, -0.25) is 10.1 Å². The fourth-order valence-electron chi connectivity index (χ4n) is 2.20. The van der Waals surface area contributed by atoms with Crippen molar-refractivity contribution in [2.24, 2.45) is 5.73 Å². The largest absolute Gasteiger partial charge is 0.466 e. The molecule has 0 radical (unpaired) electrons. The molecule has 1 fully saturated rings. The maximum atomic E-state index is 12.0. The van der Waals surface area contributed by atoms with Crippen LogP contribution in [0.4, 0.5) is 4.79 Å². The lowest BCUT2D eigenvalue weighted by atomic mass is 9.89. The maximum Gasteiger partial charge on any atom is 0.322 e. The Morgan fingerprint density at radius 1 is 1.28 bits per heavy atom. The third-order valence-corrected chi connectivity index (χ3v) is 3.14. The van der Waals surface area contributed by atoms with Crippen molar-refractivity contribution in [3.05, 3.63) is 24.2 Å². The van der Waals surface area contributed by atoms with Gasteiger partial charge in [-0.15, -0.1) is 0 Å². The van der Waals surface area contributed by atoms with E-state index in [0.717, 1.165) is 19.3 Å². The highest BCUT2D eigenvalue weighted by Gasteiger charge is 2.49. The third kappa shape index (κ3) is 2.24. The van der Waals surface area contributed by atoms with Crippen LogP contribution in [-0.4, -0.2) is 18.5 Å². The van der Waals surface area contributed by atoms with Crippen LogP contribution in [0.2, 0.25) is 0 Å². The number of nitrogens with two attached hydrogens (primary N) is 1. The molecule has 1 aromatic heterocycles. The van der Waals surface area contributed by atoms with Crippen LogP contribution in [0.25, 0.3) is 0 Å². The molecule has 3 amide bonds. The number of carbonyl (C=O) groups excluding carboxylic acids is 2. The van der Waals surface area contributed by atoms with E-state index in [1.807, 2.05) is 0 Å². The number of amides is 3. The van der Waals surface area contributed by atoms with Gasteiger partial charge in [-0.05, 0) is 31.5 Å². The van der Waals surface area contributed by atoms with E-state index in [2.05, 4.69) is 10.6 Å². The van der Waals surface area contributed by atoms with E-state index >= 15 is 0 Å². The van der Waals surface area contributed by atoms with Crippen LogP contribution in [-0.2, 0) is 10.3 Å². The lowest BCUT2D eigenvalue weighted by Crippen LogP contribution is -2.43. The lowest BCUT2D eigenvalue weighted by molar-refractivity contribution is -0.125. The minimum atomic E-state index is -1.06. The molecule has 6 nitrogen and oxygen atoms in total. The van der Waals surface area contributed by atoms with Crippen LogP contribution < -0.4 is 16.4 Å². The van der Waals surface area contributed by atoms with E-state index in [0.29, 0.717) is 18.7 Å². The Labute approximate surface area is 105 Å². The van der Waals surface area contributed by atoms with Crippen molar-refractivity contribution in [3.8, 4) is 0 Å². The molecule has 1 aliphatic rings. The van der Waals surface area contributed by atoms with Gasteiger partial charge < -0.3 is 15.5 Å². The van der Waals surface area contributed by atoms with E-state index in [1.54, 1.807) is 12.1 Å². The molecule has 1 aromatic rings. The molecule has 1 atom stereocenters. The normalized spacial score (nSPS) is 22.9. The first-order chi connectivity index (χ1) is 8.69. The molecule has 0 aromatic carbocycles. The molecule has 1 saturated heterocycles. The first kappa shape index (κ1) is 12.6. The van der Waals surface area contributed by atoms with E-state index in [-0.39, 0.29) is 5.91 Å². The zero-order valence-electron chi connectivity index (χ0n) is 10.1. The van der Waals surface area contributed by atoms with Crippen molar-refractivity contribution in [2.75, 3.05) is 6.54 Å². The second-order valence-corrected chi connectivity index (χ2v) is 4.39. The molecule has 6 heteroatoms. The minimum absolute atomic E-state index is 0.352. The SMILES string of the molecule is NCCCCCC1(c2ccco2)NC(=O)NC1=O. The van der Waals surface area contributed by atoms with Gasteiger partial charge in [-0.2, -0.15) is 0 Å². The van der Waals surface area contributed by atoms with Crippen molar-refractivity contribution in [2.45, 2.75) is 31.2 Å². The summed E-state index contributed by atoms with van der Waals surface area (Å²) in [5, 5.41) is 4.94. The number of rotatable bonds is 6. The monoisotopic (exact) mass is 251 g/mol. The second kappa shape index (κ2) is 5.22. The van der Waals surface area contributed by atoms with Gasteiger partial charge in [0.25, 0.3) is 5.91 Å². The van der Waals surface area contributed by atoms with Crippen LogP contribution in [0.5, 0.6) is 0 Å². The van der Waals surface area contributed by atoms with E-state index in [4.69, 9.17) is 10.2 Å². The van der Waals surface area contributed by atoms with Gasteiger partial charge in [0.05, 0.1) is 6.26 Å². The zero-order chi connectivity index (χ0) is 13.0. The summed E-state index contributed by atoms with van der Waals surface area (Å²) >= 11 is 0. The van der Waals surface area contributed by atoms with Crippen LogP contribution in [0, 0.1) is 0 Å². The first-order valence-corrected chi connectivity index (χ1v) is 6.07. The fraction of sp³-hybridized carbons (Fsp3) is 0.500. The molecular formula is C12H17N3O3. The Morgan fingerprint density at radius 2 is 2.11 bits per heavy atom. The first-order valence-electron chi connectivity index (χ1n) is 6.07. The third-order valence-electron chi connectivity index (χ3n) is 3.14. The molecule has 18 heavy (non-hydrogen) atoms. The van der Waals surface area contributed by atoms with Crippen LogP contribution in [0.1, 0.15) is 31.4 Å². The highest BCUT2D eigenvalue weighted by atomic mass is 16.3. The van der Waals surface area contributed by atoms with E-state index in [9.17, 15) is 9.59 Å². The summed E-state index contributed by atoms with van der Waals surface area (Å²) in [4.78, 5) is 23.3. The van der Waals surface area contributed by atoms with E-state index < -0.39 is 11.6 Å². The van der Waals surface area contributed by atoms with Crippen LogP contribution in [0.3, 0.4) is 0 Å². The summed E-state index contributed by atoms with van der Waals surface area (Å²) in [6.45, 7) is 0.631.